The number of guanidine groups is 1. The number of anilines is 1. The number of hydrogen-bond acceptors (Lipinski definition) is 5. The summed E-state index contributed by atoms with van der Waals surface area (Å²) in [5.74, 6) is 0.765. The Kier molecular flexibility index (Phi) is 7.64. The van der Waals surface area contributed by atoms with Crippen molar-refractivity contribution in [3.63, 3.8) is 0 Å². The van der Waals surface area contributed by atoms with Crippen LogP contribution in [0, 0.1) is 0 Å². The zero-order chi connectivity index (χ0) is 19.9. The van der Waals surface area contributed by atoms with Crippen LogP contribution in [0.4, 0.5) is 19.1 Å². The molecule has 2 rings (SSSR count). The minimum absolute atomic E-state index is 0.0376. The molecule has 10 heteroatoms. The third kappa shape index (κ3) is 5.95. The first-order valence-electron chi connectivity index (χ1n) is 9.22. The summed E-state index contributed by atoms with van der Waals surface area (Å²) in [6, 6.07) is 1.38. The molecule has 0 radical (unpaired) electrons. The summed E-state index contributed by atoms with van der Waals surface area (Å²) in [4.78, 5) is 16.3. The van der Waals surface area contributed by atoms with Crippen molar-refractivity contribution in [1.29, 1.82) is 0 Å². The molecule has 1 fully saturated rings. The third-order valence-corrected chi connectivity index (χ3v) is 4.64. The molecule has 27 heavy (non-hydrogen) atoms. The van der Waals surface area contributed by atoms with Crippen LogP contribution >= 0.6 is 0 Å². The maximum absolute atomic E-state index is 12.7. The molecule has 1 atom stereocenters. The number of nitrogens with zero attached hydrogens (tertiary/aromatic N) is 5. The summed E-state index contributed by atoms with van der Waals surface area (Å²) >= 11 is 0. The van der Waals surface area contributed by atoms with Gasteiger partial charge in [-0.2, -0.15) is 13.2 Å². The molecule has 0 aliphatic carbocycles. The number of hydrogen-bond donors (Lipinski definition) is 2. The van der Waals surface area contributed by atoms with Gasteiger partial charge >= 0.3 is 6.18 Å². The lowest BCUT2D eigenvalue weighted by Gasteiger charge is -2.27. The largest absolute Gasteiger partial charge is 0.433 e. The van der Waals surface area contributed by atoms with Gasteiger partial charge in [0.15, 0.2) is 5.96 Å². The normalized spacial score (nSPS) is 18.3. The summed E-state index contributed by atoms with van der Waals surface area (Å²) in [5, 5.41) is 6.05. The summed E-state index contributed by atoms with van der Waals surface area (Å²) in [5.41, 5.74) is -0.955. The van der Waals surface area contributed by atoms with Gasteiger partial charge in [0.05, 0.1) is 0 Å². The molecule has 2 heterocycles. The highest BCUT2D eigenvalue weighted by Crippen LogP contribution is 2.27. The average Bonchev–Trinajstić information content (AvgIpc) is 3.12. The first-order chi connectivity index (χ1) is 12.9. The fraction of sp³-hybridized carbons (Fsp3) is 0.706. The van der Waals surface area contributed by atoms with Crippen LogP contribution in [-0.4, -0.2) is 78.1 Å². The van der Waals surface area contributed by atoms with Gasteiger partial charge in [0.25, 0.3) is 0 Å². The lowest BCUT2D eigenvalue weighted by molar-refractivity contribution is -0.141. The van der Waals surface area contributed by atoms with Gasteiger partial charge in [-0.25, -0.2) is 9.97 Å². The number of rotatable bonds is 7. The van der Waals surface area contributed by atoms with E-state index in [2.05, 4.69) is 49.2 Å². The second-order valence-electron chi connectivity index (χ2n) is 6.27. The van der Waals surface area contributed by atoms with Crippen molar-refractivity contribution in [1.82, 2.24) is 25.1 Å². The highest BCUT2D eigenvalue weighted by Gasteiger charge is 2.32. The van der Waals surface area contributed by atoms with Crippen molar-refractivity contribution in [2.24, 2.45) is 4.99 Å². The van der Waals surface area contributed by atoms with Crippen molar-refractivity contribution in [2.75, 3.05) is 51.6 Å². The van der Waals surface area contributed by atoms with Gasteiger partial charge < -0.3 is 15.5 Å². The van der Waals surface area contributed by atoms with Gasteiger partial charge in [-0.3, -0.25) is 9.89 Å². The Morgan fingerprint density at radius 1 is 1.33 bits per heavy atom. The predicted molar refractivity (Wildman–Crippen MR) is 99.8 cm³/mol. The zero-order valence-corrected chi connectivity index (χ0v) is 16.1. The fourth-order valence-corrected chi connectivity index (χ4v) is 3.25. The SMILES string of the molecule is CCN(CC)C1CCN(C(=NC)NCCNc2nccc(C(F)(F)F)n2)C1. The molecule has 1 aliphatic heterocycles. The molecule has 1 aromatic rings. The first-order valence-corrected chi connectivity index (χ1v) is 9.22. The van der Waals surface area contributed by atoms with Crippen LogP contribution in [0.25, 0.3) is 0 Å². The Morgan fingerprint density at radius 2 is 2.07 bits per heavy atom. The zero-order valence-electron chi connectivity index (χ0n) is 16.1. The second kappa shape index (κ2) is 9.72. The fourth-order valence-electron chi connectivity index (χ4n) is 3.25. The maximum Gasteiger partial charge on any atom is 0.433 e. The molecule has 2 N–H and O–H groups in total. The second-order valence-corrected chi connectivity index (χ2v) is 6.27. The molecule has 1 unspecified atom stereocenters. The highest BCUT2D eigenvalue weighted by atomic mass is 19.4. The molecular weight excluding hydrogens is 359 g/mol. The van der Waals surface area contributed by atoms with Crippen LogP contribution in [0.3, 0.4) is 0 Å². The Morgan fingerprint density at radius 3 is 2.70 bits per heavy atom. The number of alkyl halides is 3. The Bertz CT molecular complexity index is 617. The average molecular weight is 387 g/mol. The number of likely N-dealkylation sites (tertiary alicyclic amines) is 1. The van der Waals surface area contributed by atoms with Crippen molar-refractivity contribution < 1.29 is 13.2 Å². The van der Waals surface area contributed by atoms with Crippen molar-refractivity contribution >= 4 is 11.9 Å². The van der Waals surface area contributed by atoms with E-state index in [4.69, 9.17) is 0 Å². The van der Waals surface area contributed by atoms with Gasteiger partial charge in [-0.05, 0) is 25.6 Å². The minimum atomic E-state index is -4.48. The van der Waals surface area contributed by atoms with Gasteiger partial charge in [0.2, 0.25) is 5.95 Å². The van der Waals surface area contributed by atoms with Crippen LogP contribution in [0.15, 0.2) is 17.3 Å². The van der Waals surface area contributed by atoms with Crippen molar-refractivity contribution in [3.8, 4) is 0 Å². The molecule has 1 aliphatic rings. The monoisotopic (exact) mass is 387 g/mol. The predicted octanol–water partition coefficient (Wildman–Crippen LogP) is 1.90. The minimum Gasteiger partial charge on any atom is -0.354 e. The van der Waals surface area contributed by atoms with Crippen LogP contribution in [0.5, 0.6) is 0 Å². The number of halogens is 3. The van der Waals surface area contributed by atoms with E-state index in [-0.39, 0.29) is 5.95 Å². The molecule has 7 nitrogen and oxygen atoms in total. The molecule has 1 aromatic heterocycles. The van der Waals surface area contributed by atoms with Gasteiger partial charge in [-0.15, -0.1) is 0 Å². The number of nitrogens with one attached hydrogen (secondary N) is 2. The van der Waals surface area contributed by atoms with E-state index in [0.29, 0.717) is 19.1 Å². The van der Waals surface area contributed by atoms with Gasteiger partial charge in [0.1, 0.15) is 5.69 Å². The quantitative estimate of drug-likeness (QED) is 0.423. The van der Waals surface area contributed by atoms with Gasteiger partial charge in [-0.1, -0.05) is 13.8 Å². The van der Waals surface area contributed by atoms with Crippen molar-refractivity contribution in [3.05, 3.63) is 18.0 Å². The standard InChI is InChI=1S/C17H28F3N7/c1-4-26(5-2)13-7-11-27(12-13)16(21-3)24-10-9-23-15-22-8-6-14(25-15)17(18,19)20/h6,8,13H,4-5,7,9-12H2,1-3H3,(H,21,24)(H,22,23,25). The van der Waals surface area contributed by atoms with Crippen molar-refractivity contribution in [2.45, 2.75) is 32.5 Å². The summed E-state index contributed by atoms with van der Waals surface area (Å²) in [6.07, 6.45) is -2.28. The number of aliphatic imine (C=N–C) groups is 1. The van der Waals surface area contributed by atoms with E-state index >= 15 is 0 Å². The van der Waals surface area contributed by atoms with E-state index in [1.54, 1.807) is 7.05 Å². The van der Waals surface area contributed by atoms with Crippen LogP contribution in [-0.2, 0) is 6.18 Å². The molecule has 152 valence electrons. The Balaban J connectivity index is 1.79. The number of aromatic nitrogens is 2. The Labute approximate surface area is 158 Å². The van der Waals surface area contributed by atoms with Gasteiger partial charge in [0, 0.05) is 45.5 Å². The topological polar surface area (TPSA) is 68.7 Å². The Hall–Kier alpha value is -2.10. The molecule has 0 spiro atoms. The third-order valence-electron chi connectivity index (χ3n) is 4.64. The van der Waals surface area contributed by atoms with E-state index in [1.807, 2.05) is 0 Å². The van der Waals surface area contributed by atoms with E-state index < -0.39 is 11.9 Å². The van der Waals surface area contributed by atoms with E-state index in [1.165, 1.54) is 0 Å². The summed E-state index contributed by atoms with van der Waals surface area (Å²) < 4.78 is 38.0. The smallest absolute Gasteiger partial charge is 0.354 e. The molecule has 0 amide bonds. The van der Waals surface area contributed by atoms with E-state index in [9.17, 15) is 13.2 Å². The van der Waals surface area contributed by atoms with Crippen LogP contribution in [0.2, 0.25) is 0 Å². The summed E-state index contributed by atoms with van der Waals surface area (Å²) in [6.45, 7) is 9.13. The maximum atomic E-state index is 12.7. The first kappa shape index (κ1) is 21.2. The molecule has 0 aromatic carbocycles. The van der Waals surface area contributed by atoms with Crippen LogP contribution in [0.1, 0.15) is 26.0 Å². The lowest BCUT2D eigenvalue weighted by Crippen LogP contribution is -2.44. The summed E-state index contributed by atoms with van der Waals surface area (Å²) in [7, 11) is 1.73. The van der Waals surface area contributed by atoms with E-state index in [0.717, 1.165) is 50.8 Å². The lowest BCUT2D eigenvalue weighted by atomic mass is 10.2. The van der Waals surface area contributed by atoms with Crippen LogP contribution < -0.4 is 10.6 Å². The molecular formula is C17H28F3N7. The molecule has 0 bridgehead atoms. The highest BCUT2D eigenvalue weighted by molar-refractivity contribution is 5.80. The number of likely N-dealkylation sites (N-methyl/N-ethyl adjacent to an activating group) is 1. The molecule has 1 saturated heterocycles. The molecule has 0 saturated carbocycles.